The van der Waals surface area contributed by atoms with Crippen LogP contribution in [0.15, 0.2) is 66.6 Å². The quantitative estimate of drug-likeness (QED) is 0.197. The number of nitrogens with zero attached hydrogens (tertiary/aromatic N) is 1. The molecule has 0 heterocycles. The number of unbranched alkanes of at least 4 members (excludes halogenated alkanes) is 1. The zero-order valence-electron chi connectivity index (χ0n) is 23.5. The summed E-state index contributed by atoms with van der Waals surface area (Å²) in [6.45, 7) is 8.43. The van der Waals surface area contributed by atoms with Gasteiger partial charge in [0.25, 0.3) is 0 Å². The lowest BCUT2D eigenvalue weighted by Gasteiger charge is -2.33. The number of hydrogen-bond donors (Lipinski definition) is 2. The average molecular weight is 584 g/mol. The lowest BCUT2D eigenvalue weighted by molar-refractivity contribution is -0.141. The number of alkyl carbamates (subject to hydrolysis) is 1. The monoisotopic (exact) mass is 583 g/mol. The van der Waals surface area contributed by atoms with Gasteiger partial charge >= 0.3 is 16.2 Å². The van der Waals surface area contributed by atoms with E-state index in [2.05, 4.69) is 17.8 Å². The number of nitrogens with one attached hydrogen (secondary N) is 1. The fourth-order valence-corrected chi connectivity index (χ4v) is 4.36. The highest BCUT2D eigenvalue weighted by Crippen LogP contribution is 2.19. The number of primary amides is 1. The molecule has 0 aliphatic heterocycles. The summed E-state index contributed by atoms with van der Waals surface area (Å²) in [7, 11) is -3.94. The topological polar surface area (TPSA) is 145 Å². The molecule has 0 unspecified atom stereocenters. The lowest BCUT2D eigenvalue weighted by Crippen LogP contribution is -2.57. The van der Waals surface area contributed by atoms with Crippen molar-refractivity contribution in [3.8, 4) is 18.1 Å². The Morgan fingerprint density at radius 3 is 2.22 bits per heavy atom. The number of ether oxygens (including phenoxy) is 1. The molecular weight excluding hydrogens is 546 g/mol. The summed E-state index contributed by atoms with van der Waals surface area (Å²) in [6.07, 6.45) is 5.55. The molecule has 3 amide bonds. The molecule has 0 saturated carbocycles. The number of rotatable bonds is 14. The molecule has 0 fully saturated rings. The molecule has 3 N–H and O–H groups in total. The number of nitrogens with two attached hydrogens (primary N) is 1. The maximum atomic E-state index is 14.0. The normalized spacial score (nSPS) is 12.7. The predicted molar refractivity (Wildman–Crippen MR) is 156 cm³/mol. The molecule has 2 atom stereocenters. The van der Waals surface area contributed by atoms with Crippen LogP contribution in [0.25, 0.3) is 0 Å². The Hall–Kier alpha value is -4.30. The molecule has 2 aromatic carbocycles. The van der Waals surface area contributed by atoms with Crippen LogP contribution in [-0.2, 0) is 37.3 Å². The van der Waals surface area contributed by atoms with Gasteiger partial charge < -0.3 is 24.9 Å². The Balaban J connectivity index is 2.40. The molecule has 2 rings (SSSR count). The number of terminal acetylenes is 1. The molecule has 0 spiro atoms. The van der Waals surface area contributed by atoms with Crippen LogP contribution in [0.2, 0.25) is 0 Å². The molecule has 0 radical (unpaired) electrons. The summed E-state index contributed by atoms with van der Waals surface area (Å²) in [4.78, 5) is 40.8. The third kappa shape index (κ3) is 11.4. The Labute approximate surface area is 242 Å². The Morgan fingerprint density at radius 1 is 1.07 bits per heavy atom. The minimum atomic E-state index is -3.94. The van der Waals surface area contributed by atoms with Crippen molar-refractivity contribution in [1.82, 2.24) is 10.2 Å². The summed E-state index contributed by atoms with van der Waals surface area (Å²) in [5, 5.41) is 3.34. The first-order valence-corrected chi connectivity index (χ1v) is 14.4. The number of amides is 3. The summed E-state index contributed by atoms with van der Waals surface area (Å²) in [5.41, 5.74) is 6.37. The first kappa shape index (κ1) is 32.9. The van der Waals surface area contributed by atoms with Crippen molar-refractivity contribution in [2.75, 3.05) is 6.54 Å². The van der Waals surface area contributed by atoms with Crippen molar-refractivity contribution < 1.29 is 31.7 Å². The average Bonchev–Trinajstić information content (AvgIpc) is 2.89. The zero-order valence-corrected chi connectivity index (χ0v) is 24.4. The number of carbonyl (C=O) groups excluding carboxylic acids is 3. The van der Waals surface area contributed by atoms with Gasteiger partial charge in [0, 0.05) is 25.8 Å². The van der Waals surface area contributed by atoms with E-state index in [4.69, 9.17) is 21.1 Å². The Bertz CT molecular complexity index is 1350. The highest BCUT2D eigenvalue weighted by Gasteiger charge is 2.34. The van der Waals surface area contributed by atoms with E-state index in [0.29, 0.717) is 23.8 Å². The summed E-state index contributed by atoms with van der Waals surface area (Å²) in [6, 6.07) is 12.9. The van der Waals surface area contributed by atoms with Crippen LogP contribution in [-0.4, -0.2) is 55.5 Å². The maximum Gasteiger partial charge on any atom is 0.408 e. The van der Waals surface area contributed by atoms with Crippen LogP contribution >= 0.6 is 0 Å². The van der Waals surface area contributed by atoms with E-state index in [0.717, 1.165) is 5.56 Å². The maximum absolute atomic E-state index is 14.0. The summed E-state index contributed by atoms with van der Waals surface area (Å²) in [5.74, 6) is 1.28. The molecule has 0 bridgehead atoms. The van der Waals surface area contributed by atoms with E-state index in [-0.39, 0.29) is 25.1 Å². The van der Waals surface area contributed by atoms with E-state index in [1.807, 2.05) is 30.3 Å². The van der Waals surface area contributed by atoms with Gasteiger partial charge in [0.1, 0.15) is 23.4 Å². The number of hydrogen-bond acceptors (Lipinski definition) is 7. The van der Waals surface area contributed by atoms with Crippen LogP contribution in [0.3, 0.4) is 0 Å². The minimum absolute atomic E-state index is 0.0239. The molecule has 11 heteroatoms. The van der Waals surface area contributed by atoms with Gasteiger partial charge in [0.15, 0.2) is 0 Å². The first-order chi connectivity index (χ1) is 19.2. The van der Waals surface area contributed by atoms with Crippen molar-refractivity contribution >= 4 is 28.0 Å². The van der Waals surface area contributed by atoms with Crippen LogP contribution in [0.5, 0.6) is 5.75 Å². The molecular formula is C30H37N3O7S. The second-order valence-electron chi connectivity index (χ2n) is 10.2. The predicted octanol–water partition coefficient (Wildman–Crippen LogP) is 3.31. The van der Waals surface area contributed by atoms with E-state index in [1.165, 1.54) is 17.0 Å². The van der Waals surface area contributed by atoms with Crippen molar-refractivity contribution in [1.29, 1.82) is 0 Å². The van der Waals surface area contributed by atoms with Gasteiger partial charge in [-0.25, -0.2) is 4.79 Å². The second kappa shape index (κ2) is 14.9. The van der Waals surface area contributed by atoms with Gasteiger partial charge in [-0.3, -0.25) is 9.59 Å². The van der Waals surface area contributed by atoms with Gasteiger partial charge in [-0.15, -0.1) is 12.3 Å². The van der Waals surface area contributed by atoms with Gasteiger partial charge in [-0.2, -0.15) is 8.42 Å². The van der Waals surface area contributed by atoms with Crippen LogP contribution in [0.1, 0.15) is 44.7 Å². The highest BCUT2D eigenvalue weighted by molar-refractivity contribution is 7.90. The van der Waals surface area contributed by atoms with E-state index >= 15 is 0 Å². The van der Waals surface area contributed by atoms with Crippen LogP contribution < -0.4 is 15.2 Å². The standard InChI is InChI=1S/C30H37N3O7S/c1-6-8-12-19-33(26(27(31)34)21-23-15-17-24(18-16-23)40-41(37,38)7-2)28(35)25(20-22-13-10-9-11-14-22)32-29(36)39-30(3,4)5/h1,7,9-11,13-18,25-26H,2,8,12,19-21H2,3-5H3,(H2,31,34)(H,32,36)/t25-,26-/m0/s1. The van der Waals surface area contributed by atoms with Crippen molar-refractivity contribution in [2.24, 2.45) is 5.73 Å². The van der Waals surface area contributed by atoms with Crippen molar-refractivity contribution in [2.45, 2.75) is 64.1 Å². The molecule has 220 valence electrons. The molecule has 2 aromatic rings. The van der Waals surface area contributed by atoms with Crippen molar-refractivity contribution in [3.63, 3.8) is 0 Å². The zero-order chi connectivity index (χ0) is 30.6. The highest BCUT2D eigenvalue weighted by atomic mass is 32.2. The largest absolute Gasteiger partial charge is 0.444 e. The van der Waals surface area contributed by atoms with Gasteiger partial charge in [0.2, 0.25) is 11.8 Å². The number of benzene rings is 2. The number of carbonyl (C=O) groups is 3. The third-order valence-electron chi connectivity index (χ3n) is 5.75. The fraction of sp³-hybridized carbons (Fsp3) is 0.367. The van der Waals surface area contributed by atoms with E-state index in [9.17, 15) is 22.8 Å². The summed E-state index contributed by atoms with van der Waals surface area (Å²) >= 11 is 0. The third-order valence-corrected chi connectivity index (χ3v) is 6.58. The Kier molecular flexibility index (Phi) is 12.0. The molecule has 10 nitrogen and oxygen atoms in total. The molecule has 0 aromatic heterocycles. The smallest absolute Gasteiger partial charge is 0.408 e. The molecule has 0 aliphatic carbocycles. The van der Waals surface area contributed by atoms with Gasteiger partial charge in [-0.1, -0.05) is 49.0 Å². The first-order valence-electron chi connectivity index (χ1n) is 13.0. The molecule has 0 aliphatic rings. The van der Waals surface area contributed by atoms with Crippen LogP contribution in [0.4, 0.5) is 4.79 Å². The SMILES string of the molecule is C#CCCCN(C(=O)[C@H](Cc1ccccc1)NC(=O)OC(C)(C)C)[C@@H](Cc1ccc(OS(=O)(=O)C=C)cc1)C(N)=O. The van der Waals surface area contributed by atoms with Gasteiger partial charge in [0.05, 0.1) is 5.41 Å². The van der Waals surface area contributed by atoms with E-state index in [1.54, 1.807) is 32.9 Å². The second-order valence-corrected chi connectivity index (χ2v) is 11.7. The molecule has 0 saturated heterocycles. The van der Waals surface area contributed by atoms with Crippen LogP contribution in [0, 0.1) is 12.3 Å². The van der Waals surface area contributed by atoms with E-state index < -0.39 is 45.7 Å². The van der Waals surface area contributed by atoms with Crippen molar-refractivity contribution in [3.05, 3.63) is 77.7 Å². The minimum Gasteiger partial charge on any atom is -0.444 e. The van der Waals surface area contributed by atoms with Gasteiger partial charge in [-0.05, 0) is 50.5 Å². The fourth-order valence-electron chi connectivity index (χ4n) is 3.91. The lowest BCUT2D eigenvalue weighted by atomic mass is 10.00. The Morgan fingerprint density at radius 2 is 1.68 bits per heavy atom. The summed E-state index contributed by atoms with van der Waals surface area (Å²) < 4.78 is 33.6. The molecule has 41 heavy (non-hydrogen) atoms.